The number of H-pyrrole nitrogens is 1. The summed E-state index contributed by atoms with van der Waals surface area (Å²) in [6.45, 7) is 4.80. The molecule has 0 radical (unpaired) electrons. The van der Waals surface area contributed by atoms with E-state index < -0.39 is 279 Å². The lowest BCUT2D eigenvalue weighted by atomic mass is 9.99. The molecular formula is C90H126N20O24S. The number of carboxylic acid groups (broad SMARTS) is 2. The Balaban J connectivity index is 1.21. The maximum atomic E-state index is 15.9. The first-order valence-corrected chi connectivity index (χ1v) is 46.1. The number of benzene rings is 3. The van der Waals surface area contributed by atoms with Crippen LogP contribution in [0.3, 0.4) is 0 Å². The van der Waals surface area contributed by atoms with E-state index in [4.69, 9.17) is 17.2 Å². The van der Waals surface area contributed by atoms with Gasteiger partial charge in [-0.25, -0.2) is 0 Å². The van der Waals surface area contributed by atoms with Gasteiger partial charge >= 0.3 is 11.9 Å². The van der Waals surface area contributed by atoms with E-state index in [2.05, 4.69) is 58.2 Å². The summed E-state index contributed by atoms with van der Waals surface area (Å²) in [4.78, 5) is 282. The molecule has 0 saturated carbocycles. The van der Waals surface area contributed by atoms with Gasteiger partial charge in [-0.1, -0.05) is 102 Å². The SMILES string of the molecule is CCCC[C@H]1C(=O)N(C)[C@@H](CCCC)C(=O)N[C@@H](CCC(=O)O)C(=O)N[C@H](C(=O)NCC(N)=O)CSCC(=O)N[C@@H](Cc2ccc(O)cc2)C(=O)N(C)[C@@H](C)C(=O)N[C@@H](CC(N)=O)C(=O)N2CCC[C@H]2C(=O)N[C@@H](CO)C(=O)N[C@@H](CC(C)C)C(=O)N2CC(O)C[C@H]2C(=O)N[C@@H](Cc2c[nH]c3ccccc23)C(=O)N[C@@H](CCN)C(=O)N[C@@H](Cc2cn(CC(=O)O)c3ccccc23)C(=O)N1C. The van der Waals surface area contributed by atoms with Crippen molar-refractivity contribution in [3.05, 3.63) is 102 Å². The van der Waals surface area contributed by atoms with E-state index in [1.54, 1.807) is 82.4 Å². The fourth-order valence-corrected chi connectivity index (χ4v) is 17.5. The highest BCUT2D eigenvalue weighted by molar-refractivity contribution is 8.00. The maximum absolute atomic E-state index is 15.9. The molecule has 2 aromatic heterocycles. The Morgan fingerprint density at radius 2 is 1.11 bits per heavy atom. The predicted molar refractivity (Wildman–Crippen MR) is 490 cm³/mol. The van der Waals surface area contributed by atoms with E-state index in [1.165, 1.54) is 63.1 Å². The van der Waals surface area contributed by atoms with Crippen LogP contribution >= 0.6 is 11.8 Å². The quantitative estimate of drug-likeness (QED) is 0.0244. The number of carbonyl (C=O) groups excluding carboxylic acids is 17. The summed E-state index contributed by atoms with van der Waals surface area (Å²) in [7, 11) is 3.73. The van der Waals surface area contributed by atoms with Gasteiger partial charge in [-0.2, -0.15) is 0 Å². The Bertz CT molecular complexity index is 5130. The molecule has 135 heavy (non-hydrogen) atoms. The first kappa shape index (κ1) is 107. The van der Waals surface area contributed by atoms with Crippen molar-refractivity contribution >= 4 is 146 Å². The molecule has 45 heteroatoms. The summed E-state index contributed by atoms with van der Waals surface area (Å²) in [6.07, 6.45) is -1.36. The van der Waals surface area contributed by atoms with Crippen LogP contribution in [0.4, 0.5) is 0 Å². The number of nitrogens with zero attached hydrogens (tertiary/aromatic N) is 6. The smallest absolute Gasteiger partial charge is 0.323 e. The van der Waals surface area contributed by atoms with Gasteiger partial charge in [-0.15, -0.1) is 11.8 Å². The Hall–Kier alpha value is -13.3. The highest BCUT2D eigenvalue weighted by atomic mass is 32.2. The molecule has 22 N–H and O–H groups in total. The van der Waals surface area contributed by atoms with Crippen LogP contribution in [0.15, 0.2) is 85.2 Å². The van der Waals surface area contributed by atoms with Crippen molar-refractivity contribution in [2.24, 2.45) is 23.1 Å². The molecule has 3 aliphatic rings. The third kappa shape index (κ3) is 29.8. The molecule has 3 fully saturated rings. The molecule has 44 nitrogen and oxygen atoms in total. The number of primary amides is 2. The molecule has 15 atom stereocenters. The molecule has 17 amide bonds. The number of aromatic amines is 1. The molecule has 1 unspecified atom stereocenters. The lowest BCUT2D eigenvalue weighted by Gasteiger charge is -2.36. The van der Waals surface area contributed by atoms with Crippen molar-refractivity contribution in [1.29, 1.82) is 0 Å². The zero-order valence-corrected chi connectivity index (χ0v) is 77.6. The number of thioether (sulfide) groups is 1. The summed E-state index contributed by atoms with van der Waals surface area (Å²) in [5.41, 5.74) is 19.5. The number of phenolic OH excluding ortho intramolecular Hbond substituents is 1. The van der Waals surface area contributed by atoms with Gasteiger partial charge in [0.25, 0.3) is 0 Å². The fraction of sp³-hybridized carbons (Fsp3) is 0.544. The zero-order valence-electron chi connectivity index (χ0n) is 76.8. The fourth-order valence-electron chi connectivity index (χ4n) is 16.6. The second-order valence-electron chi connectivity index (χ2n) is 34.6. The monoisotopic (exact) mass is 1900 g/mol. The summed E-state index contributed by atoms with van der Waals surface area (Å²) in [5.74, 6) is -21.6. The molecule has 3 saturated heterocycles. The number of phenols is 1. The van der Waals surface area contributed by atoms with Crippen molar-refractivity contribution in [3.8, 4) is 5.75 Å². The molecule has 0 aliphatic carbocycles. The number of carbonyl (C=O) groups is 19. The lowest BCUT2D eigenvalue weighted by Crippen LogP contribution is -2.61. The molecule has 736 valence electrons. The maximum Gasteiger partial charge on any atom is 0.323 e. The van der Waals surface area contributed by atoms with Crippen LogP contribution in [0.2, 0.25) is 0 Å². The number of aliphatic hydroxyl groups is 2. The average Bonchev–Trinajstić information content (AvgIpc) is 1.68. The van der Waals surface area contributed by atoms with Gasteiger partial charge in [0.05, 0.1) is 31.4 Å². The Morgan fingerprint density at radius 3 is 1.76 bits per heavy atom. The van der Waals surface area contributed by atoms with Crippen LogP contribution in [-0.2, 0) is 117 Å². The topological polar surface area (TPSA) is 661 Å². The van der Waals surface area contributed by atoms with Gasteiger partial charge in [-0.05, 0) is 105 Å². The van der Waals surface area contributed by atoms with Crippen LogP contribution in [0, 0.1) is 5.92 Å². The number of nitrogens with two attached hydrogens (primary N) is 3. The Labute approximate surface area is 783 Å². The number of para-hydroxylation sites is 2. The standard InChI is InChI=1S/C90H126N20O24S/c1-9-11-21-68-83(127)98-58(29-30-75(117)118)79(123)104-66(78(122)95-41-73(93)115)46-135-47-74(116)96-62(35-50-25-27-53(112)28-26-50)86(130)105(6)49(5)77(121)100-64(39-72(92)114)88(132)109-33-17-24-69(109)84(128)103-65(45-111)82(126)101-61(34-48(3)4)89(133)110-43-54(113)38-71(110)85(129)99-60(36-51-40-94-57-20-15-13-18-55(51)57)81(125)97-59(31-32-91)80(124)102-63(87(131)107(8)70(22-12-10-2)90(134)106(68)7)37-52-42-108(44-76(119)120)67-23-16-14-19-56(52)67/h13-16,18-20,23,25-28,40,42,48-49,54,58-66,68-71,94,111-113H,9-12,17,21-22,24,29-39,41,43-47,91H2,1-8H3,(H2,92,114)(H2,93,115)(H,95,122)(H,96,116)(H,97,125)(H,98,127)(H,99,129)(H,100,121)(H,101,126)(H,102,124)(H,103,128)(H,104,123)(H,117,118)(H,119,120)/t49-,54?,58-,59-,60-,61-,62-,63-,64-,65-,66-,68-,69-,70-,71-/m0/s1. The van der Waals surface area contributed by atoms with E-state index in [0.717, 1.165) is 24.5 Å². The Kier molecular flexibility index (Phi) is 40.2. The molecule has 5 heterocycles. The minimum atomic E-state index is -1.85. The number of aromatic hydroxyl groups is 1. The van der Waals surface area contributed by atoms with Crippen molar-refractivity contribution in [3.63, 3.8) is 0 Å². The number of nitrogens with one attached hydrogen (secondary N) is 11. The van der Waals surface area contributed by atoms with Gasteiger partial charge in [0.15, 0.2) is 0 Å². The van der Waals surface area contributed by atoms with E-state index in [0.29, 0.717) is 63.1 Å². The number of unbranched alkanes of at least 4 members (excludes halogenated alkanes) is 2. The normalized spacial score (nSPS) is 24.8. The third-order valence-corrected chi connectivity index (χ3v) is 25.0. The molecule has 8 rings (SSSR count). The van der Waals surface area contributed by atoms with Crippen molar-refractivity contribution in [2.45, 2.75) is 241 Å². The third-order valence-electron chi connectivity index (χ3n) is 24.0. The molecule has 3 aliphatic heterocycles. The van der Waals surface area contributed by atoms with Gasteiger partial charge in [0.2, 0.25) is 100 Å². The van der Waals surface area contributed by atoms with E-state index in [1.807, 2.05) is 0 Å². The highest BCUT2D eigenvalue weighted by Crippen LogP contribution is 2.29. The first-order valence-electron chi connectivity index (χ1n) is 45.0. The van der Waals surface area contributed by atoms with E-state index in [9.17, 15) is 83.1 Å². The predicted octanol–water partition coefficient (Wildman–Crippen LogP) is -3.39. The van der Waals surface area contributed by atoms with Gasteiger partial charge in [0.1, 0.15) is 96.9 Å². The number of carboxylic acids is 2. The number of likely N-dealkylation sites (N-methyl/N-ethyl adjacent to an activating group) is 3. The van der Waals surface area contributed by atoms with Gasteiger partial charge in [0, 0.05) is 106 Å². The number of hydrogen-bond acceptors (Lipinski definition) is 24. The number of rotatable bonds is 27. The number of hydrogen-bond donors (Lipinski definition) is 19. The van der Waals surface area contributed by atoms with Crippen molar-refractivity contribution in [1.82, 2.24) is 87.2 Å². The van der Waals surface area contributed by atoms with Crippen LogP contribution < -0.4 is 70.4 Å². The summed E-state index contributed by atoms with van der Waals surface area (Å²) in [6, 6.07) is -3.94. The zero-order chi connectivity index (χ0) is 99.4. The highest BCUT2D eigenvalue weighted by Gasteiger charge is 2.47. The Morgan fingerprint density at radius 1 is 0.556 bits per heavy atom. The van der Waals surface area contributed by atoms with Crippen LogP contribution in [0.1, 0.15) is 141 Å². The second-order valence-corrected chi connectivity index (χ2v) is 35.6. The number of amides is 17. The van der Waals surface area contributed by atoms with E-state index in [-0.39, 0.29) is 83.0 Å². The van der Waals surface area contributed by atoms with Gasteiger partial charge in [-0.3, -0.25) is 91.1 Å². The molecule has 3 aromatic carbocycles. The first-order chi connectivity index (χ1) is 64.1. The van der Waals surface area contributed by atoms with Crippen LogP contribution in [0.5, 0.6) is 5.75 Å². The molecule has 0 spiro atoms. The number of aliphatic carboxylic acids is 2. The summed E-state index contributed by atoms with van der Waals surface area (Å²) < 4.78 is 1.41. The van der Waals surface area contributed by atoms with E-state index >= 15 is 33.6 Å². The number of aromatic nitrogens is 2. The van der Waals surface area contributed by atoms with Crippen molar-refractivity contribution in [2.75, 3.05) is 65.4 Å². The molecule has 5 aromatic rings. The van der Waals surface area contributed by atoms with Gasteiger partial charge < -0.3 is 130 Å². The minimum Gasteiger partial charge on any atom is -0.508 e. The number of fused-ring (bicyclic) bond motifs is 4. The van der Waals surface area contributed by atoms with Crippen molar-refractivity contribution < 1.29 is 117 Å². The largest absolute Gasteiger partial charge is 0.508 e. The molecule has 0 bridgehead atoms. The molecular weight excluding hydrogens is 1780 g/mol. The average molecular weight is 1900 g/mol. The minimum absolute atomic E-state index is 0.0736. The van der Waals surface area contributed by atoms with Crippen LogP contribution in [-0.4, -0.2) is 328 Å². The van der Waals surface area contributed by atoms with Crippen LogP contribution in [0.25, 0.3) is 21.8 Å². The lowest BCUT2D eigenvalue weighted by molar-refractivity contribution is -0.149. The second kappa shape index (κ2) is 50.7. The summed E-state index contributed by atoms with van der Waals surface area (Å²) in [5, 5.41) is 79.2. The number of aliphatic hydroxyl groups excluding tert-OH is 2. The summed E-state index contributed by atoms with van der Waals surface area (Å²) >= 11 is 0.690.